The van der Waals surface area contributed by atoms with E-state index in [-0.39, 0.29) is 12.2 Å². The fourth-order valence-electron chi connectivity index (χ4n) is 3.04. The summed E-state index contributed by atoms with van der Waals surface area (Å²) >= 11 is 0. The molecule has 7 heteroatoms. The van der Waals surface area contributed by atoms with Gasteiger partial charge >= 0.3 is 5.97 Å². The first kappa shape index (κ1) is 17.9. The predicted octanol–water partition coefficient (Wildman–Crippen LogP) is 1.39. The standard InChI is InChI=1S/C19H22N4O3/c20-17(19(25)26)13-18(24)14-1-3-15(4-2-14)22-9-11-23(12-10-22)16-5-7-21-8-6-16/h1-8,17H,9-13,20H2,(H,25,26). The molecule has 0 radical (unpaired) electrons. The molecule has 1 fully saturated rings. The van der Waals surface area contributed by atoms with Crippen LogP contribution in [0.2, 0.25) is 0 Å². The number of carboxylic acid groups (broad SMARTS) is 1. The van der Waals surface area contributed by atoms with Gasteiger partial charge in [0.1, 0.15) is 6.04 Å². The molecule has 0 amide bonds. The zero-order valence-electron chi connectivity index (χ0n) is 14.4. The molecule has 1 atom stereocenters. The number of hydrogen-bond donors (Lipinski definition) is 2. The van der Waals surface area contributed by atoms with Gasteiger partial charge in [0.2, 0.25) is 0 Å². The number of rotatable bonds is 6. The molecule has 2 heterocycles. The van der Waals surface area contributed by atoms with E-state index >= 15 is 0 Å². The lowest BCUT2D eigenvalue weighted by Crippen LogP contribution is -2.46. The summed E-state index contributed by atoms with van der Waals surface area (Å²) in [5.41, 5.74) is 8.14. The third kappa shape index (κ3) is 4.18. The first-order valence-corrected chi connectivity index (χ1v) is 8.56. The fraction of sp³-hybridized carbons (Fsp3) is 0.316. The normalized spacial score (nSPS) is 15.6. The maximum atomic E-state index is 12.1. The Morgan fingerprint density at radius 1 is 0.962 bits per heavy atom. The number of aromatic nitrogens is 1. The highest BCUT2D eigenvalue weighted by Gasteiger charge is 2.19. The molecular formula is C19H22N4O3. The SMILES string of the molecule is NC(CC(=O)c1ccc(N2CCN(c3ccncc3)CC2)cc1)C(=O)O. The number of benzene rings is 1. The Morgan fingerprint density at radius 2 is 1.46 bits per heavy atom. The van der Waals surface area contributed by atoms with Gasteiger partial charge in [-0.15, -0.1) is 0 Å². The lowest BCUT2D eigenvalue weighted by atomic mass is 10.0. The topological polar surface area (TPSA) is 99.8 Å². The van der Waals surface area contributed by atoms with Crippen molar-refractivity contribution in [3.63, 3.8) is 0 Å². The van der Waals surface area contributed by atoms with Crippen LogP contribution in [0.4, 0.5) is 11.4 Å². The van der Waals surface area contributed by atoms with Crippen molar-refractivity contribution in [2.24, 2.45) is 5.73 Å². The summed E-state index contributed by atoms with van der Waals surface area (Å²) in [5.74, 6) is -1.42. The summed E-state index contributed by atoms with van der Waals surface area (Å²) in [6.45, 7) is 3.61. The van der Waals surface area contributed by atoms with Crippen molar-refractivity contribution in [1.82, 2.24) is 4.98 Å². The molecule has 1 aliphatic heterocycles. The van der Waals surface area contributed by atoms with Crippen LogP contribution >= 0.6 is 0 Å². The average molecular weight is 354 g/mol. The number of anilines is 2. The van der Waals surface area contributed by atoms with E-state index in [4.69, 9.17) is 10.8 Å². The maximum absolute atomic E-state index is 12.1. The van der Waals surface area contributed by atoms with Gasteiger partial charge in [-0.3, -0.25) is 14.6 Å². The Morgan fingerprint density at radius 3 is 1.96 bits per heavy atom. The number of nitrogens with two attached hydrogens (primary N) is 1. The average Bonchev–Trinajstić information content (AvgIpc) is 2.69. The molecule has 0 aliphatic carbocycles. The van der Waals surface area contributed by atoms with Gasteiger partial charge in [0.15, 0.2) is 5.78 Å². The molecule has 3 rings (SSSR count). The van der Waals surface area contributed by atoms with E-state index in [0.29, 0.717) is 5.56 Å². The Balaban J connectivity index is 1.58. The molecule has 2 aromatic rings. The maximum Gasteiger partial charge on any atom is 0.320 e. The van der Waals surface area contributed by atoms with Gasteiger partial charge in [0, 0.05) is 61.9 Å². The number of nitrogens with zero attached hydrogens (tertiary/aromatic N) is 3. The second kappa shape index (κ2) is 7.97. The number of ketones is 1. The predicted molar refractivity (Wildman–Crippen MR) is 99.7 cm³/mol. The zero-order chi connectivity index (χ0) is 18.5. The Bertz CT molecular complexity index is 756. The van der Waals surface area contributed by atoms with Crippen LogP contribution in [-0.4, -0.2) is 54.1 Å². The summed E-state index contributed by atoms with van der Waals surface area (Å²) < 4.78 is 0. The van der Waals surface area contributed by atoms with Crippen molar-refractivity contribution in [2.45, 2.75) is 12.5 Å². The smallest absolute Gasteiger partial charge is 0.320 e. The van der Waals surface area contributed by atoms with Gasteiger partial charge in [-0.1, -0.05) is 0 Å². The number of carbonyl (C=O) groups is 2. The number of carbonyl (C=O) groups excluding carboxylic acids is 1. The van der Waals surface area contributed by atoms with Crippen LogP contribution in [0.25, 0.3) is 0 Å². The lowest BCUT2D eigenvalue weighted by Gasteiger charge is -2.37. The molecule has 1 unspecified atom stereocenters. The molecule has 0 spiro atoms. The molecular weight excluding hydrogens is 332 g/mol. The van der Waals surface area contributed by atoms with Crippen molar-refractivity contribution in [3.8, 4) is 0 Å². The van der Waals surface area contributed by atoms with E-state index < -0.39 is 12.0 Å². The molecule has 0 saturated carbocycles. The van der Waals surface area contributed by atoms with Gasteiger partial charge in [-0.2, -0.15) is 0 Å². The second-order valence-electron chi connectivity index (χ2n) is 6.30. The molecule has 26 heavy (non-hydrogen) atoms. The van der Waals surface area contributed by atoms with Crippen LogP contribution in [0.15, 0.2) is 48.8 Å². The minimum absolute atomic E-state index is 0.195. The molecule has 1 aromatic heterocycles. The van der Waals surface area contributed by atoms with Gasteiger partial charge in [-0.25, -0.2) is 0 Å². The van der Waals surface area contributed by atoms with Crippen LogP contribution in [0.3, 0.4) is 0 Å². The zero-order valence-corrected chi connectivity index (χ0v) is 14.4. The monoisotopic (exact) mass is 354 g/mol. The number of carboxylic acids is 1. The molecule has 1 saturated heterocycles. The Labute approximate surface area is 152 Å². The van der Waals surface area contributed by atoms with Crippen molar-refractivity contribution in [3.05, 3.63) is 54.4 Å². The van der Waals surface area contributed by atoms with Gasteiger partial charge < -0.3 is 20.6 Å². The second-order valence-corrected chi connectivity index (χ2v) is 6.30. The third-order valence-electron chi connectivity index (χ3n) is 4.58. The van der Waals surface area contributed by atoms with E-state index in [0.717, 1.165) is 31.9 Å². The summed E-state index contributed by atoms with van der Waals surface area (Å²) in [6, 6.07) is 10.1. The third-order valence-corrected chi connectivity index (χ3v) is 4.58. The molecule has 1 aliphatic rings. The Kier molecular flexibility index (Phi) is 5.48. The van der Waals surface area contributed by atoms with Crippen LogP contribution in [0, 0.1) is 0 Å². The van der Waals surface area contributed by atoms with Crippen molar-refractivity contribution >= 4 is 23.1 Å². The van der Waals surface area contributed by atoms with Crippen LogP contribution in [-0.2, 0) is 4.79 Å². The highest BCUT2D eigenvalue weighted by Crippen LogP contribution is 2.21. The highest BCUT2D eigenvalue weighted by atomic mass is 16.4. The largest absolute Gasteiger partial charge is 0.480 e. The summed E-state index contributed by atoms with van der Waals surface area (Å²) in [4.78, 5) is 31.5. The van der Waals surface area contributed by atoms with E-state index in [1.54, 1.807) is 24.5 Å². The number of pyridine rings is 1. The summed E-state index contributed by atoms with van der Waals surface area (Å²) in [5, 5.41) is 8.80. The van der Waals surface area contributed by atoms with Gasteiger partial charge in [0.05, 0.1) is 0 Å². The van der Waals surface area contributed by atoms with Crippen LogP contribution in [0.1, 0.15) is 16.8 Å². The minimum atomic E-state index is -1.16. The molecule has 136 valence electrons. The minimum Gasteiger partial charge on any atom is -0.480 e. The van der Waals surface area contributed by atoms with E-state index in [9.17, 15) is 9.59 Å². The number of piperazine rings is 1. The highest BCUT2D eigenvalue weighted by molar-refractivity contribution is 5.98. The van der Waals surface area contributed by atoms with Gasteiger partial charge in [0.25, 0.3) is 0 Å². The van der Waals surface area contributed by atoms with Gasteiger partial charge in [-0.05, 0) is 36.4 Å². The molecule has 7 nitrogen and oxygen atoms in total. The lowest BCUT2D eigenvalue weighted by molar-refractivity contribution is -0.138. The molecule has 0 bridgehead atoms. The number of aliphatic carboxylic acids is 1. The first-order valence-electron chi connectivity index (χ1n) is 8.56. The first-order chi connectivity index (χ1) is 12.5. The van der Waals surface area contributed by atoms with Crippen LogP contribution in [0.5, 0.6) is 0 Å². The number of Topliss-reactive ketones (excluding diaryl/α,β-unsaturated/α-hetero) is 1. The van der Waals surface area contributed by atoms with E-state index in [1.807, 2.05) is 24.3 Å². The fourth-order valence-corrected chi connectivity index (χ4v) is 3.04. The van der Waals surface area contributed by atoms with Crippen molar-refractivity contribution < 1.29 is 14.7 Å². The number of hydrogen-bond acceptors (Lipinski definition) is 6. The quantitative estimate of drug-likeness (QED) is 0.756. The van der Waals surface area contributed by atoms with Crippen LogP contribution < -0.4 is 15.5 Å². The van der Waals surface area contributed by atoms with E-state index in [1.165, 1.54) is 5.69 Å². The molecule has 1 aromatic carbocycles. The summed E-state index contributed by atoms with van der Waals surface area (Å²) in [7, 11) is 0. The van der Waals surface area contributed by atoms with Crippen molar-refractivity contribution in [1.29, 1.82) is 0 Å². The van der Waals surface area contributed by atoms with Crippen molar-refractivity contribution in [2.75, 3.05) is 36.0 Å². The summed E-state index contributed by atoms with van der Waals surface area (Å²) in [6.07, 6.45) is 3.40. The molecule has 3 N–H and O–H groups in total. The Hall–Kier alpha value is -2.93. The van der Waals surface area contributed by atoms with E-state index in [2.05, 4.69) is 14.8 Å².